The van der Waals surface area contributed by atoms with Crippen LogP contribution in [-0.4, -0.2) is 55.2 Å². The average molecular weight is 264 g/mol. The van der Waals surface area contributed by atoms with Crippen molar-refractivity contribution in [2.24, 2.45) is 0 Å². The fourth-order valence-electron chi connectivity index (χ4n) is 3.01. The smallest absolute Gasteiger partial charge is 0.123 e. The molecule has 1 atom stereocenters. The van der Waals surface area contributed by atoms with Crippen LogP contribution in [0, 0.1) is 12.7 Å². The normalized spacial score (nSPS) is 25.3. The maximum absolute atomic E-state index is 13.3. The van der Waals surface area contributed by atoms with E-state index in [-0.39, 0.29) is 5.82 Å². The van der Waals surface area contributed by atoms with Crippen molar-refractivity contribution in [3.05, 3.63) is 35.1 Å². The number of halogens is 1. The number of hydrogen-bond donors (Lipinski definition) is 0. The summed E-state index contributed by atoms with van der Waals surface area (Å²) >= 11 is 0. The lowest BCUT2D eigenvalue weighted by Crippen LogP contribution is -2.57. The van der Waals surface area contributed by atoms with Crippen LogP contribution in [0.1, 0.15) is 11.1 Å². The Morgan fingerprint density at radius 1 is 1.32 bits per heavy atom. The van der Waals surface area contributed by atoms with Crippen LogP contribution in [-0.2, 0) is 11.3 Å². The van der Waals surface area contributed by atoms with E-state index in [4.69, 9.17) is 4.74 Å². The molecule has 3 rings (SSSR count). The predicted octanol–water partition coefficient (Wildman–Crippen LogP) is 1.65. The van der Waals surface area contributed by atoms with Crippen molar-refractivity contribution in [3.63, 3.8) is 0 Å². The van der Waals surface area contributed by atoms with E-state index in [0.29, 0.717) is 6.04 Å². The number of fused-ring (bicyclic) bond motifs is 1. The Morgan fingerprint density at radius 2 is 2.21 bits per heavy atom. The molecule has 2 saturated heterocycles. The molecule has 3 nitrogen and oxygen atoms in total. The van der Waals surface area contributed by atoms with Crippen molar-refractivity contribution < 1.29 is 9.13 Å². The molecule has 4 heteroatoms. The van der Waals surface area contributed by atoms with Gasteiger partial charge in [0.05, 0.1) is 13.2 Å². The van der Waals surface area contributed by atoms with Gasteiger partial charge >= 0.3 is 0 Å². The number of piperazine rings is 1. The van der Waals surface area contributed by atoms with Crippen molar-refractivity contribution in [1.82, 2.24) is 9.80 Å². The Balaban J connectivity index is 1.65. The van der Waals surface area contributed by atoms with Gasteiger partial charge in [0, 0.05) is 38.8 Å². The zero-order valence-electron chi connectivity index (χ0n) is 11.4. The molecule has 1 unspecified atom stereocenters. The topological polar surface area (TPSA) is 15.7 Å². The second-order valence-electron chi connectivity index (χ2n) is 5.57. The molecule has 0 saturated carbocycles. The van der Waals surface area contributed by atoms with Crippen LogP contribution in [0.4, 0.5) is 4.39 Å². The molecular formula is C15H21FN2O. The quantitative estimate of drug-likeness (QED) is 0.808. The molecule has 0 aromatic heterocycles. The van der Waals surface area contributed by atoms with Crippen molar-refractivity contribution in [1.29, 1.82) is 0 Å². The van der Waals surface area contributed by atoms with Crippen molar-refractivity contribution in [3.8, 4) is 0 Å². The van der Waals surface area contributed by atoms with Crippen LogP contribution in [0.2, 0.25) is 0 Å². The van der Waals surface area contributed by atoms with Gasteiger partial charge in [-0.2, -0.15) is 0 Å². The van der Waals surface area contributed by atoms with Crippen molar-refractivity contribution in [2.45, 2.75) is 19.5 Å². The van der Waals surface area contributed by atoms with Crippen molar-refractivity contribution >= 4 is 0 Å². The van der Waals surface area contributed by atoms with Gasteiger partial charge in [-0.3, -0.25) is 9.80 Å². The first kappa shape index (κ1) is 13.0. The van der Waals surface area contributed by atoms with Gasteiger partial charge in [0.1, 0.15) is 5.82 Å². The molecule has 19 heavy (non-hydrogen) atoms. The molecule has 0 amide bonds. The van der Waals surface area contributed by atoms with Crippen LogP contribution in [0.3, 0.4) is 0 Å². The summed E-state index contributed by atoms with van der Waals surface area (Å²) in [7, 11) is 0. The van der Waals surface area contributed by atoms with Crippen LogP contribution in [0.25, 0.3) is 0 Å². The number of benzene rings is 1. The van der Waals surface area contributed by atoms with E-state index < -0.39 is 0 Å². The summed E-state index contributed by atoms with van der Waals surface area (Å²) in [6.45, 7) is 8.82. The lowest BCUT2D eigenvalue weighted by Gasteiger charge is -2.43. The SMILES string of the molecule is Cc1ccc(F)cc1CN1CCN2CCOCC2C1. The fraction of sp³-hybridized carbons (Fsp3) is 0.600. The zero-order chi connectivity index (χ0) is 13.2. The number of ether oxygens (including phenoxy) is 1. The second-order valence-corrected chi connectivity index (χ2v) is 5.57. The molecule has 104 valence electrons. The minimum Gasteiger partial charge on any atom is -0.378 e. The van der Waals surface area contributed by atoms with E-state index in [1.165, 1.54) is 11.6 Å². The molecule has 1 aromatic carbocycles. The summed E-state index contributed by atoms with van der Waals surface area (Å²) in [6.07, 6.45) is 0. The maximum atomic E-state index is 13.3. The first-order chi connectivity index (χ1) is 9.22. The number of hydrogen-bond acceptors (Lipinski definition) is 3. The third kappa shape index (κ3) is 2.96. The van der Waals surface area contributed by atoms with Gasteiger partial charge in [-0.15, -0.1) is 0 Å². The molecule has 0 radical (unpaired) electrons. The predicted molar refractivity (Wildman–Crippen MR) is 72.6 cm³/mol. The van der Waals surface area contributed by atoms with E-state index in [9.17, 15) is 4.39 Å². The summed E-state index contributed by atoms with van der Waals surface area (Å²) in [5.74, 6) is -0.139. The summed E-state index contributed by atoms with van der Waals surface area (Å²) in [6, 6.07) is 5.58. The molecule has 2 aliphatic rings. The minimum atomic E-state index is -0.139. The van der Waals surface area contributed by atoms with Gasteiger partial charge in [-0.25, -0.2) is 4.39 Å². The highest BCUT2D eigenvalue weighted by Crippen LogP contribution is 2.18. The van der Waals surface area contributed by atoms with Crippen LogP contribution in [0.15, 0.2) is 18.2 Å². The molecule has 2 aliphatic heterocycles. The third-order valence-electron chi connectivity index (χ3n) is 4.23. The van der Waals surface area contributed by atoms with E-state index in [0.717, 1.165) is 51.5 Å². The highest BCUT2D eigenvalue weighted by Gasteiger charge is 2.29. The molecule has 0 N–H and O–H groups in total. The van der Waals surface area contributed by atoms with E-state index >= 15 is 0 Å². The molecule has 2 heterocycles. The van der Waals surface area contributed by atoms with Gasteiger partial charge in [0.15, 0.2) is 0 Å². The van der Waals surface area contributed by atoms with E-state index in [1.54, 1.807) is 6.07 Å². The Kier molecular flexibility index (Phi) is 3.82. The molecule has 0 bridgehead atoms. The largest absolute Gasteiger partial charge is 0.378 e. The molecule has 0 aliphatic carbocycles. The monoisotopic (exact) mass is 264 g/mol. The molecular weight excluding hydrogens is 243 g/mol. The standard InChI is InChI=1S/C15H21FN2O/c1-12-2-3-14(16)8-13(12)9-17-4-5-18-6-7-19-11-15(18)10-17/h2-3,8,15H,4-7,9-11H2,1H3. The van der Waals surface area contributed by atoms with Gasteiger partial charge in [0.25, 0.3) is 0 Å². The second kappa shape index (κ2) is 5.57. The van der Waals surface area contributed by atoms with Gasteiger partial charge in [-0.1, -0.05) is 6.07 Å². The average Bonchev–Trinajstić information content (AvgIpc) is 2.43. The molecule has 0 spiro atoms. The lowest BCUT2D eigenvalue weighted by atomic mass is 10.1. The third-order valence-corrected chi connectivity index (χ3v) is 4.23. The minimum absolute atomic E-state index is 0.139. The lowest BCUT2D eigenvalue weighted by molar-refractivity contribution is -0.0462. The number of nitrogens with zero attached hydrogens (tertiary/aromatic N) is 2. The highest BCUT2D eigenvalue weighted by atomic mass is 19.1. The summed E-state index contributed by atoms with van der Waals surface area (Å²) < 4.78 is 18.9. The number of morpholine rings is 1. The van der Waals surface area contributed by atoms with Crippen LogP contribution >= 0.6 is 0 Å². The maximum Gasteiger partial charge on any atom is 0.123 e. The highest BCUT2D eigenvalue weighted by molar-refractivity contribution is 5.26. The number of rotatable bonds is 2. The first-order valence-corrected chi connectivity index (χ1v) is 7.01. The van der Waals surface area contributed by atoms with E-state index in [2.05, 4.69) is 16.7 Å². The summed E-state index contributed by atoms with van der Waals surface area (Å²) in [5.41, 5.74) is 2.27. The van der Waals surface area contributed by atoms with Crippen LogP contribution < -0.4 is 0 Å². The zero-order valence-corrected chi connectivity index (χ0v) is 11.4. The first-order valence-electron chi connectivity index (χ1n) is 7.01. The Hall–Kier alpha value is -0.970. The van der Waals surface area contributed by atoms with E-state index in [1.807, 2.05) is 6.07 Å². The Bertz CT molecular complexity index is 452. The van der Waals surface area contributed by atoms with Crippen molar-refractivity contribution in [2.75, 3.05) is 39.4 Å². The van der Waals surface area contributed by atoms with Gasteiger partial charge in [0.2, 0.25) is 0 Å². The Morgan fingerprint density at radius 3 is 3.11 bits per heavy atom. The summed E-state index contributed by atoms with van der Waals surface area (Å²) in [5, 5.41) is 0. The molecule has 2 fully saturated rings. The summed E-state index contributed by atoms with van der Waals surface area (Å²) in [4.78, 5) is 4.93. The van der Waals surface area contributed by atoms with Gasteiger partial charge < -0.3 is 4.74 Å². The van der Waals surface area contributed by atoms with Gasteiger partial charge in [-0.05, 0) is 30.2 Å². The molecule has 1 aromatic rings. The van der Waals surface area contributed by atoms with Crippen LogP contribution in [0.5, 0.6) is 0 Å². The number of aryl methyl sites for hydroxylation is 1. The fourth-order valence-corrected chi connectivity index (χ4v) is 3.01. The Labute approximate surface area is 114 Å².